The van der Waals surface area contributed by atoms with E-state index < -0.39 is 0 Å². The van der Waals surface area contributed by atoms with Gasteiger partial charge in [-0.3, -0.25) is 0 Å². The normalized spacial score (nSPS) is 17.5. The first-order valence-corrected chi connectivity index (χ1v) is 6.53. The Morgan fingerprint density at radius 1 is 1.28 bits per heavy atom. The third kappa shape index (κ3) is 1.96. The highest BCUT2D eigenvalue weighted by atomic mass is 15.0. The van der Waals surface area contributed by atoms with Crippen molar-refractivity contribution in [3.63, 3.8) is 0 Å². The van der Waals surface area contributed by atoms with E-state index in [0.717, 1.165) is 31.0 Å². The third-order valence-electron chi connectivity index (χ3n) is 3.48. The second-order valence-electron chi connectivity index (χ2n) is 4.62. The van der Waals surface area contributed by atoms with Gasteiger partial charge >= 0.3 is 0 Å². The van der Waals surface area contributed by atoms with Crippen LogP contribution in [0.5, 0.6) is 0 Å². The van der Waals surface area contributed by atoms with Crippen molar-refractivity contribution in [2.75, 3.05) is 11.9 Å². The van der Waals surface area contributed by atoms with E-state index in [4.69, 9.17) is 0 Å². The number of aryl methyl sites for hydroxylation is 1. The number of fused-ring (bicyclic) bond motifs is 1. The van der Waals surface area contributed by atoms with Gasteiger partial charge in [0.15, 0.2) is 0 Å². The zero-order chi connectivity index (χ0) is 12.4. The molecule has 0 radical (unpaired) electrons. The molecule has 0 saturated heterocycles. The van der Waals surface area contributed by atoms with E-state index in [1.807, 2.05) is 12.3 Å². The summed E-state index contributed by atoms with van der Waals surface area (Å²) in [5.74, 6) is 2.23. The van der Waals surface area contributed by atoms with Crippen molar-refractivity contribution in [1.82, 2.24) is 9.97 Å². The Morgan fingerprint density at radius 3 is 3.06 bits per heavy atom. The second-order valence-corrected chi connectivity index (χ2v) is 4.62. The number of anilines is 1. The van der Waals surface area contributed by atoms with Crippen molar-refractivity contribution in [3.05, 3.63) is 53.5 Å². The van der Waals surface area contributed by atoms with Crippen LogP contribution in [-0.4, -0.2) is 16.5 Å². The van der Waals surface area contributed by atoms with Crippen molar-refractivity contribution in [1.29, 1.82) is 0 Å². The SMILES string of the molecule is CCNc1ccnc(C2CCc3ccccc32)n1. The Bertz CT molecular complexity index is 551. The number of rotatable bonds is 3. The zero-order valence-electron chi connectivity index (χ0n) is 10.6. The molecule has 1 aromatic carbocycles. The first kappa shape index (κ1) is 11.2. The molecule has 1 N–H and O–H groups in total. The Morgan fingerprint density at radius 2 is 2.17 bits per heavy atom. The molecule has 0 saturated carbocycles. The molecule has 1 heterocycles. The van der Waals surface area contributed by atoms with Gasteiger partial charge in [0.2, 0.25) is 0 Å². The van der Waals surface area contributed by atoms with E-state index in [1.165, 1.54) is 11.1 Å². The van der Waals surface area contributed by atoms with E-state index >= 15 is 0 Å². The van der Waals surface area contributed by atoms with E-state index in [1.54, 1.807) is 0 Å². The molecule has 0 fully saturated rings. The number of hydrogen-bond acceptors (Lipinski definition) is 3. The smallest absolute Gasteiger partial charge is 0.138 e. The average molecular weight is 239 g/mol. The highest BCUT2D eigenvalue weighted by Crippen LogP contribution is 2.36. The Kier molecular flexibility index (Phi) is 2.97. The molecule has 1 aromatic heterocycles. The minimum absolute atomic E-state index is 0.361. The molecule has 1 unspecified atom stereocenters. The number of nitrogens with one attached hydrogen (secondary N) is 1. The van der Waals surface area contributed by atoms with Crippen LogP contribution in [-0.2, 0) is 6.42 Å². The lowest BCUT2D eigenvalue weighted by molar-refractivity contribution is 0.729. The highest BCUT2D eigenvalue weighted by Gasteiger charge is 2.25. The van der Waals surface area contributed by atoms with Crippen LogP contribution in [0.2, 0.25) is 0 Å². The zero-order valence-corrected chi connectivity index (χ0v) is 10.6. The van der Waals surface area contributed by atoms with Gasteiger partial charge < -0.3 is 5.32 Å². The van der Waals surface area contributed by atoms with Crippen LogP contribution >= 0.6 is 0 Å². The first-order chi connectivity index (χ1) is 8.88. The summed E-state index contributed by atoms with van der Waals surface area (Å²) in [7, 11) is 0. The minimum atomic E-state index is 0.361. The predicted octanol–water partition coefficient (Wildman–Crippen LogP) is 2.99. The number of nitrogens with zero attached hydrogens (tertiary/aromatic N) is 2. The third-order valence-corrected chi connectivity index (χ3v) is 3.48. The molecule has 3 nitrogen and oxygen atoms in total. The van der Waals surface area contributed by atoms with Crippen LogP contribution in [0.1, 0.15) is 36.2 Å². The standard InChI is InChI=1S/C15H17N3/c1-2-16-14-9-10-17-15(18-14)13-8-7-11-5-3-4-6-12(11)13/h3-6,9-10,13H,2,7-8H2,1H3,(H,16,17,18). The molecule has 0 bridgehead atoms. The van der Waals surface area contributed by atoms with Crippen molar-refractivity contribution < 1.29 is 0 Å². The van der Waals surface area contributed by atoms with Gasteiger partial charge in [0.1, 0.15) is 11.6 Å². The van der Waals surface area contributed by atoms with E-state index in [9.17, 15) is 0 Å². The van der Waals surface area contributed by atoms with Crippen LogP contribution in [0.3, 0.4) is 0 Å². The molecule has 0 amide bonds. The summed E-state index contributed by atoms with van der Waals surface area (Å²) in [6.07, 6.45) is 4.10. The fourth-order valence-corrected chi connectivity index (χ4v) is 2.65. The molecule has 1 atom stereocenters. The molecule has 18 heavy (non-hydrogen) atoms. The van der Waals surface area contributed by atoms with E-state index in [2.05, 4.69) is 46.5 Å². The van der Waals surface area contributed by atoms with Crippen LogP contribution in [0.15, 0.2) is 36.5 Å². The summed E-state index contributed by atoms with van der Waals surface area (Å²) in [6.45, 7) is 2.96. The molecule has 1 aliphatic carbocycles. The second kappa shape index (κ2) is 4.77. The Hall–Kier alpha value is -1.90. The number of hydrogen-bond donors (Lipinski definition) is 1. The van der Waals surface area contributed by atoms with Gasteiger partial charge in [-0.15, -0.1) is 0 Å². The van der Waals surface area contributed by atoms with Crippen LogP contribution in [0, 0.1) is 0 Å². The highest BCUT2D eigenvalue weighted by molar-refractivity contribution is 5.40. The first-order valence-electron chi connectivity index (χ1n) is 6.53. The Balaban J connectivity index is 1.94. The average Bonchev–Trinajstić information content (AvgIpc) is 2.83. The van der Waals surface area contributed by atoms with E-state index in [-0.39, 0.29) is 0 Å². The maximum Gasteiger partial charge on any atom is 0.138 e. The molecule has 92 valence electrons. The molecule has 3 heteroatoms. The van der Waals surface area contributed by atoms with Gasteiger partial charge in [-0.25, -0.2) is 9.97 Å². The fourth-order valence-electron chi connectivity index (χ4n) is 2.65. The van der Waals surface area contributed by atoms with Gasteiger partial charge in [-0.2, -0.15) is 0 Å². The van der Waals surface area contributed by atoms with Crippen LogP contribution < -0.4 is 5.32 Å². The number of aromatic nitrogens is 2. The monoisotopic (exact) mass is 239 g/mol. The van der Waals surface area contributed by atoms with Gasteiger partial charge in [0, 0.05) is 18.7 Å². The van der Waals surface area contributed by atoms with Gasteiger partial charge in [-0.05, 0) is 37.0 Å². The summed E-state index contributed by atoms with van der Waals surface area (Å²) < 4.78 is 0. The number of benzene rings is 1. The Labute approximate surface area is 107 Å². The van der Waals surface area contributed by atoms with Crippen molar-refractivity contribution in [2.24, 2.45) is 0 Å². The lowest BCUT2D eigenvalue weighted by atomic mass is 10.0. The molecule has 0 aliphatic heterocycles. The summed E-state index contributed by atoms with van der Waals surface area (Å²) in [6, 6.07) is 10.6. The van der Waals surface area contributed by atoms with Gasteiger partial charge in [0.05, 0.1) is 0 Å². The summed E-state index contributed by atoms with van der Waals surface area (Å²) >= 11 is 0. The van der Waals surface area contributed by atoms with Crippen molar-refractivity contribution in [3.8, 4) is 0 Å². The summed E-state index contributed by atoms with van der Waals surface area (Å²) in [5.41, 5.74) is 2.84. The van der Waals surface area contributed by atoms with Crippen LogP contribution in [0.25, 0.3) is 0 Å². The lowest BCUT2D eigenvalue weighted by Crippen LogP contribution is -2.06. The molecular weight excluding hydrogens is 222 g/mol. The van der Waals surface area contributed by atoms with Crippen molar-refractivity contribution in [2.45, 2.75) is 25.7 Å². The molecule has 1 aliphatic rings. The maximum atomic E-state index is 4.62. The maximum absolute atomic E-state index is 4.62. The summed E-state index contributed by atoms with van der Waals surface area (Å²) in [5, 5.41) is 3.24. The molecule has 3 rings (SSSR count). The molecule has 0 spiro atoms. The predicted molar refractivity (Wildman–Crippen MR) is 72.8 cm³/mol. The largest absolute Gasteiger partial charge is 0.370 e. The van der Waals surface area contributed by atoms with Crippen LogP contribution in [0.4, 0.5) is 5.82 Å². The minimum Gasteiger partial charge on any atom is -0.370 e. The van der Waals surface area contributed by atoms with E-state index in [0.29, 0.717) is 5.92 Å². The molecule has 2 aromatic rings. The van der Waals surface area contributed by atoms with Gasteiger partial charge in [-0.1, -0.05) is 24.3 Å². The summed E-state index contributed by atoms with van der Waals surface area (Å²) in [4.78, 5) is 9.07. The quantitative estimate of drug-likeness (QED) is 0.894. The molecular formula is C15H17N3. The van der Waals surface area contributed by atoms with Gasteiger partial charge in [0.25, 0.3) is 0 Å². The lowest BCUT2D eigenvalue weighted by Gasteiger charge is -2.11. The topological polar surface area (TPSA) is 37.8 Å². The van der Waals surface area contributed by atoms with Crippen molar-refractivity contribution >= 4 is 5.82 Å². The fraction of sp³-hybridized carbons (Fsp3) is 0.333.